The van der Waals surface area contributed by atoms with Crippen LogP contribution in [0.15, 0.2) is 29.2 Å². The van der Waals surface area contributed by atoms with Gasteiger partial charge in [0.1, 0.15) is 0 Å². The highest BCUT2D eigenvalue weighted by atomic mass is 32.2. The molecule has 0 aromatic heterocycles. The van der Waals surface area contributed by atoms with Gasteiger partial charge in [0.05, 0.1) is 16.4 Å². The van der Waals surface area contributed by atoms with E-state index in [2.05, 4.69) is 4.90 Å². The smallest absolute Gasteiger partial charge is 0.243 e. The number of rotatable bonds is 4. The first kappa shape index (κ1) is 17.8. The minimum absolute atomic E-state index is 0.0451. The van der Waals surface area contributed by atoms with Crippen LogP contribution in [0.3, 0.4) is 0 Å². The molecule has 0 bridgehead atoms. The normalized spacial score (nSPS) is 25.8. The average molecular weight is 373 g/mol. The zero-order chi connectivity index (χ0) is 17.4. The fourth-order valence-corrected chi connectivity index (χ4v) is 6.60. The predicted molar refractivity (Wildman–Crippen MR) is 93.2 cm³/mol. The molecule has 1 unspecified atom stereocenters. The van der Waals surface area contributed by atoms with Crippen molar-refractivity contribution in [3.05, 3.63) is 29.8 Å². The Morgan fingerprint density at radius 2 is 1.71 bits per heavy atom. The van der Waals surface area contributed by atoms with E-state index in [1.807, 2.05) is 19.1 Å². The van der Waals surface area contributed by atoms with Crippen molar-refractivity contribution in [2.45, 2.75) is 30.7 Å². The number of aryl methyl sites for hydroxylation is 1. The largest absolute Gasteiger partial charge is 0.297 e. The molecule has 2 aliphatic rings. The van der Waals surface area contributed by atoms with Crippen LogP contribution in [0, 0.1) is 0 Å². The molecule has 1 aromatic rings. The van der Waals surface area contributed by atoms with Crippen LogP contribution in [-0.4, -0.2) is 69.8 Å². The molecule has 2 heterocycles. The van der Waals surface area contributed by atoms with Crippen LogP contribution in [0.2, 0.25) is 0 Å². The highest BCUT2D eigenvalue weighted by Gasteiger charge is 2.36. The lowest BCUT2D eigenvalue weighted by Crippen LogP contribution is -2.52. The maximum absolute atomic E-state index is 12.7. The van der Waals surface area contributed by atoms with Crippen LogP contribution in [0.4, 0.5) is 0 Å². The fourth-order valence-electron chi connectivity index (χ4n) is 3.42. The number of hydrogen-bond donors (Lipinski definition) is 0. The van der Waals surface area contributed by atoms with E-state index in [0.29, 0.717) is 37.5 Å². The molecular weight excluding hydrogens is 348 g/mol. The predicted octanol–water partition coefficient (Wildman–Crippen LogP) is 0.742. The highest BCUT2D eigenvalue weighted by molar-refractivity contribution is 7.91. The first-order chi connectivity index (χ1) is 11.3. The molecule has 2 fully saturated rings. The molecule has 0 spiro atoms. The van der Waals surface area contributed by atoms with E-state index in [1.165, 1.54) is 4.31 Å². The van der Waals surface area contributed by atoms with Gasteiger partial charge in [0.25, 0.3) is 0 Å². The molecule has 0 radical (unpaired) electrons. The van der Waals surface area contributed by atoms with E-state index in [-0.39, 0.29) is 17.5 Å². The monoisotopic (exact) mass is 372 g/mol. The van der Waals surface area contributed by atoms with Crippen LogP contribution in [-0.2, 0) is 26.3 Å². The van der Waals surface area contributed by atoms with Crippen molar-refractivity contribution in [2.75, 3.05) is 37.7 Å². The molecule has 1 aromatic carbocycles. The Labute approximate surface area is 144 Å². The molecule has 1 atom stereocenters. The number of piperazine rings is 1. The maximum atomic E-state index is 12.7. The van der Waals surface area contributed by atoms with Gasteiger partial charge in [0, 0.05) is 32.2 Å². The Morgan fingerprint density at radius 1 is 1.08 bits per heavy atom. The summed E-state index contributed by atoms with van der Waals surface area (Å²) in [6.45, 7) is 4.04. The summed E-state index contributed by atoms with van der Waals surface area (Å²) < 4.78 is 50.2. The summed E-state index contributed by atoms with van der Waals surface area (Å²) in [5.74, 6) is 0.457. The molecule has 0 aliphatic carbocycles. The summed E-state index contributed by atoms with van der Waals surface area (Å²) in [6, 6.07) is 7.09. The third-order valence-corrected chi connectivity index (χ3v) is 8.63. The number of sulfone groups is 1. The lowest BCUT2D eigenvalue weighted by molar-refractivity contribution is 0.148. The summed E-state index contributed by atoms with van der Waals surface area (Å²) in [6.07, 6.45) is 1.54. The van der Waals surface area contributed by atoms with Gasteiger partial charge in [-0.1, -0.05) is 19.1 Å². The molecule has 0 saturated carbocycles. The lowest BCUT2D eigenvalue weighted by Gasteiger charge is -2.36. The van der Waals surface area contributed by atoms with Crippen molar-refractivity contribution < 1.29 is 16.8 Å². The molecule has 8 heteroatoms. The zero-order valence-corrected chi connectivity index (χ0v) is 15.5. The SMILES string of the molecule is CCc1ccc(S(=O)(=O)N2CCN(C3CCS(=O)(=O)C3)CC2)cc1. The number of benzene rings is 1. The molecule has 3 rings (SSSR count). The Bertz CT molecular complexity index is 780. The number of sulfonamides is 1. The van der Waals surface area contributed by atoms with Gasteiger partial charge < -0.3 is 0 Å². The molecule has 0 N–H and O–H groups in total. The molecule has 134 valence electrons. The highest BCUT2D eigenvalue weighted by Crippen LogP contribution is 2.22. The van der Waals surface area contributed by atoms with Gasteiger partial charge in [-0.05, 0) is 30.5 Å². The van der Waals surface area contributed by atoms with Gasteiger partial charge in [-0.3, -0.25) is 4.90 Å². The number of nitrogens with zero attached hydrogens (tertiary/aromatic N) is 2. The third-order valence-electron chi connectivity index (χ3n) is 4.97. The van der Waals surface area contributed by atoms with Crippen molar-refractivity contribution in [2.24, 2.45) is 0 Å². The second-order valence-corrected chi connectivity index (χ2v) is 10.7. The summed E-state index contributed by atoms with van der Waals surface area (Å²) in [5, 5.41) is 0. The van der Waals surface area contributed by atoms with Crippen molar-refractivity contribution in [3.63, 3.8) is 0 Å². The summed E-state index contributed by atoms with van der Waals surface area (Å²) in [5.41, 5.74) is 1.11. The number of hydrogen-bond acceptors (Lipinski definition) is 5. The van der Waals surface area contributed by atoms with E-state index in [0.717, 1.165) is 12.0 Å². The van der Waals surface area contributed by atoms with Crippen LogP contribution in [0.5, 0.6) is 0 Å². The van der Waals surface area contributed by atoms with Crippen molar-refractivity contribution in [3.8, 4) is 0 Å². The van der Waals surface area contributed by atoms with E-state index < -0.39 is 19.9 Å². The van der Waals surface area contributed by atoms with Crippen LogP contribution >= 0.6 is 0 Å². The molecule has 2 aliphatic heterocycles. The summed E-state index contributed by atoms with van der Waals surface area (Å²) in [4.78, 5) is 2.45. The van der Waals surface area contributed by atoms with Crippen LogP contribution < -0.4 is 0 Å². The van der Waals surface area contributed by atoms with Gasteiger partial charge in [0.2, 0.25) is 10.0 Å². The Hall–Kier alpha value is -0.960. The molecule has 2 saturated heterocycles. The molecule has 24 heavy (non-hydrogen) atoms. The summed E-state index contributed by atoms with van der Waals surface area (Å²) in [7, 11) is -6.38. The minimum Gasteiger partial charge on any atom is -0.297 e. The topological polar surface area (TPSA) is 74.8 Å². The van der Waals surface area contributed by atoms with Crippen molar-refractivity contribution in [1.82, 2.24) is 9.21 Å². The van der Waals surface area contributed by atoms with Gasteiger partial charge >= 0.3 is 0 Å². The lowest BCUT2D eigenvalue weighted by atomic mass is 10.2. The fraction of sp³-hybridized carbons (Fsp3) is 0.625. The molecule has 0 amide bonds. The van der Waals surface area contributed by atoms with E-state index in [9.17, 15) is 16.8 Å². The standard InChI is InChI=1S/C16H24N2O4S2/c1-2-14-3-5-16(6-4-14)24(21,22)18-10-8-17(9-11-18)15-7-12-23(19,20)13-15/h3-6,15H,2,7-13H2,1H3. The maximum Gasteiger partial charge on any atom is 0.243 e. The zero-order valence-electron chi connectivity index (χ0n) is 13.9. The van der Waals surface area contributed by atoms with Crippen molar-refractivity contribution in [1.29, 1.82) is 0 Å². The Kier molecular flexibility index (Phi) is 5.01. The Balaban J connectivity index is 1.65. The van der Waals surface area contributed by atoms with Crippen molar-refractivity contribution >= 4 is 19.9 Å². The second-order valence-electron chi connectivity index (χ2n) is 6.49. The van der Waals surface area contributed by atoms with Crippen LogP contribution in [0.25, 0.3) is 0 Å². The quantitative estimate of drug-likeness (QED) is 0.779. The Morgan fingerprint density at radius 3 is 2.21 bits per heavy atom. The van der Waals surface area contributed by atoms with Gasteiger partial charge in [-0.2, -0.15) is 4.31 Å². The minimum atomic E-state index is -3.47. The van der Waals surface area contributed by atoms with E-state index in [4.69, 9.17) is 0 Å². The second kappa shape index (κ2) is 6.74. The van der Waals surface area contributed by atoms with Gasteiger partial charge in [0.15, 0.2) is 9.84 Å². The first-order valence-corrected chi connectivity index (χ1v) is 11.6. The van der Waals surface area contributed by atoms with Gasteiger partial charge in [-0.15, -0.1) is 0 Å². The van der Waals surface area contributed by atoms with E-state index in [1.54, 1.807) is 12.1 Å². The first-order valence-electron chi connectivity index (χ1n) is 8.35. The molecule has 6 nitrogen and oxygen atoms in total. The third kappa shape index (κ3) is 3.66. The van der Waals surface area contributed by atoms with E-state index >= 15 is 0 Å². The average Bonchev–Trinajstić information content (AvgIpc) is 2.95. The van der Waals surface area contributed by atoms with Gasteiger partial charge in [-0.25, -0.2) is 16.8 Å². The molecular formula is C16H24N2O4S2. The van der Waals surface area contributed by atoms with Crippen LogP contribution in [0.1, 0.15) is 18.9 Å². The summed E-state index contributed by atoms with van der Waals surface area (Å²) >= 11 is 0.